The summed E-state index contributed by atoms with van der Waals surface area (Å²) in [6.45, 7) is 0.0977. The number of hydrogen-bond donors (Lipinski definition) is 3. The first-order chi connectivity index (χ1) is 8.52. The van der Waals surface area contributed by atoms with Crippen LogP contribution in [0.25, 0.3) is 0 Å². The van der Waals surface area contributed by atoms with Crippen molar-refractivity contribution in [1.29, 1.82) is 0 Å². The summed E-state index contributed by atoms with van der Waals surface area (Å²) >= 11 is 0. The number of nitrogens with one attached hydrogen (secondary N) is 2. The zero-order chi connectivity index (χ0) is 13.1. The van der Waals surface area contributed by atoms with Crippen molar-refractivity contribution in [3.63, 3.8) is 0 Å². The summed E-state index contributed by atoms with van der Waals surface area (Å²) in [5, 5.41) is 10.4. The molecule has 102 valence electrons. The van der Waals surface area contributed by atoms with Crippen LogP contribution >= 0.6 is 0 Å². The maximum Gasteiger partial charge on any atom is 0.242 e. The Morgan fingerprint density at radius 2 is 1.94 bits per heavy atom. The van der Waals surface area contributed by atoms with Crippen LogP contribution in [0.15, 0.2) is 23.4 Å². The highest BCUT2D eigenvalue weighted by molar-refractivity contribution is 7.89. The van der Waals surface area contributed by atoms with Crippen molar-refractivity contribution in [2.24, 2.45) is 0 Å². The molecule has 5 nitrogen and oxygen atoms in total. The highest BCUT2D eigenvalue weighted by atomic mass is 32.2. The van der Waals surface area contributed by atoms with Gasteiger partial charge in [-0.1, -0.05) is 25.7 Å². The Morgan fingerprint density at radius 3 is 2.50 bits per heavy atom. The second-order valence-corrected chi connectivity index (χ2v) is 6.78. The number of sulfonamides is 1. The average molecular weight is 272 g/mol. The van der Waals surface area contributed by atoms with Gasteiger partial charge < -0.3 is 10.1 Å². The van der Waals surface area contributed by atoms with Gasteiger partial charge in [-0.15, -0.1) is 0 Å². The van der Waals surface area contributed by atoms with Gasteiger partial charge in [0, 0.05) is 18.9 Å². The van der Waals surface area contributed by atoms with Gasteiger partial charge in [-0.05, 0) is 18.9 Å². The topological polar surface area (TPSA) is 82.2 Å². The van der Waals surface area contributed by atoms with E-state index in [0.717, 1.165) is 25.7 Å². The fraction of sp³-hybridized carbons (Fsp3) is 0.667. The van der Waals surface area contributed by atoms with Crippen molar-refractivity contribution in [3.05, 3.63) is 18.5 Å². The zero-order valence-corrected chi connectivity index (χ0v) is 11.2. The zero-order valence-electron chi connectivity index (χ0n) is 10.4. The molecule has 1 aliphatic rings. The number of aromatic amines is 1. The first kappa shape index (κ1) is 13.6. The van der Waals surface area contributed by atoms with Crippen molar-refractivity contribution in [2.75, 3.05) is 6.54 Å². The van der Waals surface area contributed by atoms with E-state index in [0.29, 0.717) is 12.8 Å². The number of rotatable bonds is 4. The van der Waals surface area contributed by atoms with Crippen LogP contribution in [0.4, 0.5) is 0 Å². The van der Waals surface area contributed by atoms with Gasteiger partial charge in [0.15, 0.2) is 0 Å². The molecule has 1 aliphatic carbocycles. The lowest BCUT2D eigenvalue weighted by Crippen LogP contribution is -2.42. The number of hydrogen-bond acceptors (Lipinski definition) is 3. The summed E-state index contributed by atoms with van der Waals surface area (Å²) in [4.78, 5) is 2.92. The summed E-state index contributed by atoms with van der Waals surface area (Å²) in [6.07, 6.45) is 8.49. The van der Waals surface area contributed by atoms with Crippen molar-refractivity contribution >= 4 is 10.0 Å². The first-order valence-electron chi connectivity index (χ1n) is 6.37. The third-order valence-electron chi connectivity index (χ3n) is 3.51. The second-order valence-electron chi connectivity index (χ2n) is 5.01. The molecule has 1 aromatic heterocycles. The van der Waals surface area contributed by atoms with Gasteiger partial charge in [-0.25, -0.2) is 13.1 Å². The van der Waals surface area contributed by atoms with Gasteiger partial charge in [0.1, 0.15) is 0 Å². The summed E-state index contributed by atoms with van der Waals surface area (Å²) in [7, 11) is -3.51. The maximum absolute atomic E-state index is 11.9. The van der Waals surface area contributed by atoms with Crippen LogP contribution in [-0.2, 0) is 10.0 Å². The highest BCUT2D eigenvalue weighted by Crippen LogP contribution is 2.26. The molecule has 0 aliphatic heterocycles. The molecule has 0 aromatic carbocycles. The van der Waals surface area contributed by atoms with Gasteiger partial charge in [0.25, 0.3) is 0 Å². The maximum atomic E-state index is 11.9. The molecule has 0 amide bonds. The smallest absolute Gasteiger partial charge is 0.242 e. The average Bonchev–Trinajstić information content (AvgIpc) is 2.79. The Bertz CT molecular complexity index is 460. The Morgan fingerprint density at radius 1 is 1.28 bits per heavy atom. The normalized spacial score (nSPS) is 20.5. The van der Waals surface area contributed by atoms with Gasteiger partial charge in [0.05, 0.1) is 10.5 Å². The van der Waals surface area contributed by atoms with E-state index < -0.39 is 15.6 Å². The van der Waals surface area contributed by atoms with Crippen LogP contribution < -0.4 is 4.72 Å². The molecule has 0 saturated heterocycles. The molecular formula is C12H20N2O3S. The fourth-order valence-corrected chi connectivity index (χ4v) is 3.45. The molecule has 1 fully saturated rings. The molecule has 0 bridgehead atoms. The van der Waals surface area contributed by atoms with Crippen LogP contribution in [0, 0.1) is 0 Å². The van der Waals surface area contributed by atoms with Crippen LogP contribution in [0.5, 0.6) is 0 Å². The molecule has 1 heterocycles. The van der Waals surface area contributed by atoms with Gasteiger partial charge in [0.2, 0.25) is 10.0 Å². The van der Waals surface area contributed by atoms with Gasteiger partial charge in [-0.3, -0.25) is 0 Å². The minimum Gasteiger partial charge on any atom is -0.389 e. The summed E-state index contributed by atoms with van der Waals surface area (Å²) < 4.78 is 26.3. The van der Waals surface area contributed by atoms with Crippen LogP contribution in [0.3, 0.4) is 0 Å². The van der Waals surface area contributed by atoms with Gasteiger partial charge in [-0.2, -0.15) is 0 Å². The Balaban J connectivity index is 1.98. The number of H-pyrrole nitrogens is 1. The SMILES string of the molecule is O=S(=O)(NCC1(O)CCCCCC1)c1cc[nH]c1. The summed E-state index contributed by atoms with van der Waals surface area (Å²) in [6, 6.07) is 1.50. The highest BCUT2D eigenvalue weighted by Gasteiger charge is 2.29. The predicted molar refractivity (Wildman–Crippen MR) is 68.6 cm³/mol. The number of aliphatic hydroxyl groups is 1. The third kappa shape index (κ3) is 3.34. The van der Waals surface area contributed by atoms with Crippen molar-refractivity contribution in [3.8, 4) is 0 Å². The lowest BCUT2D eigenvalue weighted by molar-refractivity contribution is 0.0303. The lowest BCUT2D eigenvalue weighted by atomic mass is 9.95. The molecule has 0 unspecified atom stereocenters. The van der Waals surface area contributed by atoms with Crippen molar-refractivity contribution < 1.29 is 13.5 Å². The van der Waals surface area contributed by atoms with E-state index in [2.05, 4.69) is 9.71 Å². The third-order valence-corrected chi connectivity index (χ3v) is 4.90. The largest absolute Gasteiger partial charge is 0.389 e. The van der Waals surface area contributed by atoms with Crippen LogP contribution in [-0.4, -0.2) is 30.7 Å². The molecular weight excluding hydrogens is 252 g/mol. The summed E-state index contributed by atoms with van der Waals surface area (Å²) in [5.74, 6) is 0. The molecule has 0 radical (unpaired) electrons. The minimum atomic E-state index is -3.51. The minimum absolute atomic E-state index is 0.0977. The lowest BCUT2D eigenvalue weighted by Gasteiger charge is -2.26. The van der Waals surface area contributed by atoms with E-state index in [1.54, 1.807) is 6.20 Å². The fourth-order valence-electron chi connectivity index (χ4n) is 2.35. The van der Waals surface area contributed by atoms with E-state index in [9.17, 15) is 13.5 Å². The first-order valence-corrected chi connectivity index (χ1v) is 7.85. The predicted octanol–water partition coefficient (Wildman–Crippen LogP) is 1.38. The van der Waals surface area contributed by atoms with Crippen molar-refractivity contribution in [1.82, 2.24) is 9.71 Å². The molecule has 3 N–H and O–H groups in total. The van der Waals surface area contributed by atoms with Crippen LogP contribution in [0.2, 0.25) is 0 Å². The Kier molecular flexibility index (Phi) is 4.09. The molecule has 6 heteroatoms. The summed E-state index contributed by atoms with van der Waals surface area (Å²) in [5.41, 5.74) is -0.889. The molecule has 1 aromatic rings. The monoisotopic (exact) mass is 272 g/mol. The van der Waals surface area contributed by atoms with E-state index in [1.165, 1.54) is 12.3 Å². The Labute approximate surface area is 108 Å². The van der Waals surface area contributed by atoms with Crippen LogP contribution in [0.1, 0.15) is 38.5 Å². The molecule has 0 atom stereocenters. The molecule has 2 rings (SSSR count). The molecule has 1 saturated carbocycles. The standard InChI is InChI=1S/C12H20N2O3S/c15-12(6-3-1-2-4-7-12)10-14-18(16,17)11-5-8-13-9-11/h5,8-9,13-15H,1-4,6-7,10H2. The second kappa shape index (κ2) is 5.42. The number of aromatic nitrogens is 1. The van der Waals surface area contributed by atoms with E-state index in [4.69, 9.17) is 0 Å². The van der Waals surface area contributed by atoms with E-state index in [1.807, 2.05) is 0 Å². The quantitative estimate of drug-likeness (QED) is 0.724. The Hall–Kier alpha value is -0.850. The van der Waals surface area contributed by atoms with E-state index in [-0.39, 0.29) is 11.4 Å². The van der Waals surface area contributed by atoms with Crippen molar-refractivity contribution in [2.45, 2.75) is 49.0 Å². The molecule has 0 spiro atoms. The van der Waals surface area contributed by atoms with E-state index >= 15 is 0 Å². The molecule has 18 heavy (non-hydrogen) atoms. The van der Waals surface area contributed by atoms with Gasteiger partial charge >= 0.3 is 0 Å².